The number of aryl methyl sites for hydroxylation is 1. The molecule has 0 spiro atoms. The monoisotopic (exact) mass is 185 g/mol. The van der Waals surface area contributed by atoms with Crippen LogP contribution in [0.5, 0.6) is 0 Å². The number of alkyl halides is 2. The van der Waals surface area contributed by atoms with Crippen molar-refractivity contribution in [1.82, 2.24) is 0 Å². The van der Waals surface area contributed by atoms with Gasteiger partial charge in [-0.2, -0.15) is 0 Å². The summed E-state index contributed by atoms with van der Waals surface area (Å²) in [6.45, 7) is 1.79. The van der Waals surface area contributed by atoms with E-state index in [2.05, 4.69) is 0 Å². The summed E-state index contributed by atoms with van der Waals surface area (Å²) in [6, 6.07) is 6.36. The van der Waals surface area contributed by atoms with Gasteiger partial charge in [0.05, 0.1) is 0 Å². The number of halogens is 2. The van der Waals surface area contributed by atoms with Crippen molar-refractivity contribution in [2.45, 2.75) is 19.3 Å². The summed E-state index contributed by atoms with van der Waals surface area (Å²) in [4.78, 5) is 0. The zero-order valence-electron chi connectivity index (χ0n) is 7.56. The molecule has 2 N–H and O–H groups in total. The summed E-state index contributed by atoms with van der Waals surface area (Å²) < 4.78 is 26.5. The highest BCUT2D eigenvalue weighted by molar-refractivity contribution is 5.25. The van der Waals surface area contributed by atoms with Crippen LogP contribution in [0, 0.1) is 6.92 Å². The molecule has 0 bridgehead atoms. The third-order valence-corrected chi connectivity index (χ3v) is 1.90. The Balaban J connectivity index is 2.93. The van der Waals surface area contributed by atoms with Gasteiger partial charge < -0.3 is 5.73 Å². The zero-order chi connectivity index (χ0) is 9.90. The van der Waals surface area contributed by atoms with Gasteiger partial charge in [0, 0.05) is 12.0 Å². The molecule has 3 heteroatoms. The van der Waals surface area contributed by atoms with E-state index in [1.165, 1.54) is 12.1 Å². The van der Waals surface area contributed by atoms with E-state index in [-0.39, 0.29) is 18.5 Å². The van der Waals surface area contributed by atoms with Crippen LogP contribution in [0.4, 0.5) is 8.78 Å². The lowest BCUT2D eigenvalue weighted by molar-refractivity contribution is -0.0107. The van der Waals surface area contributed by atoms with Gasteiger partial charge in [-0.05, 0) is 13.5 Å². The van der Waals surface area contributed by atoms with Gasteiger partial charge in [0.2, 0.25) is 0 Å². The first-order valence-electron chi connectivity index (χ1n) is 4.21. The lowest BCUT2D eigenvalue weighted by atomic mass is 10.0. The van der Waals surface area contributed by atoms with E-state index in [1.54, 1.807) is 19.1 Å². The summed E-state index contributed by atoms with van der Waals surface area (Å²) in [5.74, 6) is -2.79. The van der Waals surface area contributed by atoms with Gasteiger partial charge in [0.25, 0.3) is 5.92 Å². The third-order valence-electron chi connectivity index (χ3n) is 1.90. The summed E-state index contributed by atoms with van der Waals surface area (Å²) >= 11 is 0. The highest BCUT2D eigenvalue weighted by Crippen LogP contribution is 2.31. The summed E-state index contributed by atoms with van der Waals surface area (Å²) in [6.07, 6.45) is -0.295. The van der Waals surface area contributed by atoms with Crippen LogP contribution in [-0.4, -0.2) is 6.54 Å². The second kappa shape index (κ2) is 3.83. The van der Waals surface area contributed by atoms with Gasteiger partial charge in [-0.15, -0.1) is 0 Å². The molecular formula is C10H13F2N. The van der Waals surface area contributed by atoms with Crippen LogP contribution in [0.15, 0.2) is 24.3 Å². The van der Waals surface area contributed by atoms with Crippen LogP contribution in [0.25, 0.3) is 0 Å². The summed E-state index contributed by atoms with van der Waals surface area (Å²) in [5.41, 5.74) is 6.01. The van der Waals surface area contributed by atoms with E-state index >= 15 is 0 Å². The number of rotatable bonds is 3. The minimum atomic E-state index is -2.79. The van der Waals surface area contributed by atoms with Gasteiger partial charge in [-0.1, -0.05) is 29.8 Å². The van der Waals surface area contributed by atoms with Crippen molar-refractivity contribution in [1.29, 1.82) is 0 Å². The smallest absolute Gasteiger partial charge is 0.274 e. The topological polar surface area (TPSA) is 26.0 Å². The first-order chi connectivity index (χ1) is 6.06. The van der Waals surface area contributed by atoms with E-state index in [1.807, 2.05) is 0 Å². The van der Waals surface area contributed by atoms with E-state index in [9.17, 15) is 8.78 Å². The Bertz CT molecular complexity index is 284. The van der Waals surface area contributed by atoms with E-state index in [0.717, 1.165) is 5.56 Å². The predicted octanol–water partition coefficient (Wildman–Crippen LogP) is 2.44. The Hall–Kier alpha value is -0.960. The zero-order valence-corrected chi connectivity index (χ0v) is 7.56. The third kappa shape index (κ3) is 2.49. The molecule has 1 nitrogen and oxygen atoms in total. The molecule has 13 heavy (non-hydrogen) atoms. The van der Waals surface area contributed by atoms with Gasteiger partial charge in [0.15, 0.2) is 0 Å². The normalized spacial score (nSPS) is 11.7. The molecule has 0 amide bonds. The first kappa shape index (κ1) is 10.1. The standard InChI is InChI=1S/C10H13F2N/c1-8-3-2-4-9(7-8)10(11,12)5-6-13/h2-4,7H,5-6,13H2,1H3. The molecule has 0 saturated heterocycles. The molecular weight excluding hydrogens is 172 g/mol. The molecule has 0 unspecified atom stereocenters. The Morgan fingerprint density at radius 2 is 2.08 bits per heavy atom. The lowest BCUT2D eigenvalue weighted by Gasteiger charge is -2.15. The summed E-state index contributed by atoms with van der Waals surface area (Å²) in [7, 11) is 0. The molecule has 0 aliphatic carbocycles. The fourth-order valence-corrected chi connectivity index (χ4v) is 1.20. The maximum absolute atomic E-state index is 13.3. The Kier molecular flexibility index (Phi) is 2.98. The molecule has 0 radical (unpaired) electrons. The molecule has 0 fully saturated rings. The fourth-order valence-electron chi connectivity index (χ4n) is 1.20. The van der Waals surface area contributed by atoms with Crippen molar-refractivity contribution < 1.29 is 8.78 Å². The Labute approximate surface area is 76.6 Å². The fraction of sp³-hybridized carbons (Fsp3) is 0.400. The molecule has 0 aromatic heterocycles. The molecule has 1 rings (SSSR count). The second-order valence-corrected chi connectivity index (χ2v) is 3.11. The van der Waals surface area contributed by atoms with Crippen LogP contribution in [-0.2, 0) is 5.92 Å². The molecule has 0 aliphatic rings. The average Bonchev–Trinajstić information content (AvgIpc) is 2.04. The Morgan fingerprint density at radius 1 is 1.38 bits per heavy atom. The SMILES string of the molecule is Cc1cccc(C(F)(F)CCN)c1. The van der Waals surface area contributed by atoms with Crippen molar-refractivity contribution in [3.8, 4) is 0 Å². The van der Waals surface area contributed by atoms with Gasteiger partial charge in [-0.3, -0.25) is 0 Å². The van der Waals surface area contributed by atoms with Gasteiger partial charge >= 0.3 is 0 Å². The largest absolute Gasteiger partial charge is 0.330 e. The van der Waals surface area contributed by atoms with E-state index < -0.39 is 5.92 Å². The van der Waals surface area contributed by atoms with Crippen LogP contribution in [0.3, 0.4) is 0 Å². The van der Waals surface area contributed by atoms with Gasteiger partial charge in [0.1, 0.15) is 0 Å². The predicted molar refractivity (Wildman–Crippen MR) is 48.7 cm³/mol. The molecule has 72 valence electrons. The van der Waals surface area contributed by atoms with Crippen LogP contribution < -0.4 is 5.73 Å². The van der Waals surface area contributed by atoms with Crippen molar-refractivity contribution in [3.05, 3.63) is 35.4 Å². The van der Waals surface area contributed by atoms with E-state index in [4.69, 9.17) is 5.73 Å². The van der Waals surface area contributed by atoms with Crippen LogP contribution >= 0.6 is 0 Å². The highest BCUT2D eigenvalue weighted by atomic mass is 19.3. The second-order valence-electron chi connectivity index (χ2n) is 3.11. The minimum absolute atomic E-state index is 0.000934. The quantitative estimate of drug-likeness (QED) is 0.769. The lowest BCUT2D eigenvalue weighted by Crippen LogP contribution is -2.18. The Morgan fingerprint density at radius 3 is 2.62 bits per heavy atom. The van der Waals surface area contributed by atoms with Crippen LogP contribution in [0.1, 0.15) is 17.5 Å². The summed E-state index contributed by atoms with van der Waals surface area (Å²) in [5, 5.41) is 0. The van der Waals surface area contributed by atoms with Gasteiger partial charge in [-0.25, -0.2) is 8.78 Å². The number of benzene rings is 1. The molecule has 1 aromatic rings. The van der Waals surface area contributed by atoms with Crippen molar-refractivity contribution in [2.24, 2.45) is 5.73 Å². The number of hydrogen-bond donors (Lipinski definition) is 1. The molecule has 0 saturated carbocycles. The first-order valence-corrected chi connectivity index (χ1v) is 4.21. The maximum Gasteiger partial charge on any atom is 0.274 e. The van der Waals surface area contributed by atoms with Crippen molar-refractivity contribution >= 4 is 0 Å². The highest BCUT2D eigenvalue weighted by Gasteiger charge is 2.29. The molecule has 0 aliphatic heterocycles. The van der Waals surface area contributed by atoms with Crippen molar-refractivity contribution in [3.63, 3.8) is 0 Å². The maximum atomic E-state index is 13.3. The van der Waals surface area contributed by atoms with Crippen LogP contribution in [0.2, 0.25) is 0 Å². The van der Waals surface area contributed by atoms with E-state index in [0.29, 0.717) is 0 Å². The number of nitrogens with two attached hydrogens (primary N) is 1. The molecule has 0 heterocycles. The molecule has 1 aromatic carbocycles. The number of hydrogen-bond acceptors (Lipinski definition) is 1. The minimum Gasteiger partial charge on any atom is -0.330 e. The van der Waals surface area contributed by atoms with Crippen molar-refractivity contribution in [2.75, 3.05) is 6.54 Å². The average molecular weight is 185 g/mol. The molecule has 0 atom stereocenters.